The molecule has 2 aliphatic rings. The summed E-state index contributed by atoms with van der Waals surface area (Å²) in [5.41, 5.74) is 2.12. The summed E-state index contributed by atoms with van der Waals surface area (Å²) in [7, 11) is 1.36. The predicted molar refractivity (Wildman–Crippen MR) is 127 cm³/mol. The molecule has 2 aromatic heterocycles. The van der Waals surface area contributed by atoms with Gasteiger partial charge in [-0.1, -0.05) is 6.07 Å². The quantitative estimate of drug-likeness (QED) is 0.545. The van der Waals surface area contributed by atoms with E-state index in [1.807, 2.05) is 23.1 Å². The second-order valence-corrected chi connectivity index (χ2v) is 9.54. The van der Waals surface area contributed by atoms with Crippen LogP contribution in [0.15, 0.2) is 30.5 Å². The number of carbonyl (C=O) groups excluding carboxylic acids is 2. The maximum atomic E-state index is 13.4. The number of morpholine rings is 1. The molecule has 178 valence electrons. The lowest BCUT2D eigenvalue weighted by atomic mass is 10.1. The summed E-state index contributed by atoms with van der Waals surface area (Å²) in [4.78, 5) is 33.6. The summed E-state index contributed by atoms with van der Waals surface area (Å²) >= 11 is 1.70. The zero-order valence-electron chi connectivity index (χ0n) is 19.2. The van der Waals surface area contributed by atoms with Crippen molar-refractivity contribution in [1.82, 2.24) is 20.5 Å². The first-order valence-corrected chi connectivity index (χ1v) is 12.4. The molecule has 3 heterocycles. The van der Waals surface area contributed by atoms with E-state index in [9.17, 15) is 9.59 Å². The molecule has 0 radical (unpaired) electrons. The number of alkyl carbamates (subject to hydrolysis) is 1. The van der Waals surface area contributed by atoms with Gasteiger partial charge in [-0.25, -0.2) is 4.79 Å². The third kappa shape index (κ3) is 5.90. The maximum absolute atomic E-state index is 13.4. The zero-order valence-corrected chi connectivity index (χ0v) is 20.0. The van der Waals surface area contributed by atoms with Gasteiger partial charge in [-0.15, -0.1) is 11.3 Å². The second-order valence-electron chi connectivity index (χ2n) is 8.46. The third-order valence-corrected chi connectivity index (χ3v) is 7.40. The van der Waals surface area contributed by atoms with E-state index in [0.29, 0.717) is 19.7 Å². The van der Waals surface area contributed by atoms with Gasteiger partial charge >= 0.3 is 6.09 Å². The molecular formula is C24H32N4O4S. The molecule has 1 aliphatic carbocycles. The number of hydrogen-bond acceptors (Lipinski definition) is 7. The van der Waals surface area contributed by atoms with Gasteiger partial charge in [0.15, 0.2) is 0 Å². The number of aromatic nitrogens is 1. The number of nitrogens with one attached hydrogen (secondary N) is 2. The summed E-state index contributed by atoms with van der Waals surface area (Å²) in [5, 5.41) is 6.01. The lowest BCUT2D eigenvalue weighted by Crippen LogP contribution is -2.50. The number of carbonyl (C=O) groups is 2. The van der Waals surface area contributed by atoms with Crippen molar-refractivity contribution in [3.05, 3.63) is 40.9 Å². The minimum atomic E-state index is -0.419. The summed E-state index contributed by atoms with van der Waals surface area (Å²) < 4.78 is 10.4. The monoisotopic (exact) mass is 472 g/mol. The molecule has 1 saturated carbocycles. The Bertz CT molecular complexity index is 941. The van der Waals surface area contributed by atoms with Gasteiger partial charge in [0.1, 0.15) is 6.10 Å². The van der Waals surface area contributed by atoms with Crippen molar-refractivity contribution < 1.29 is 19.1 Å². The molecule has 33 heavy (non-hydrogen) atoms. The van der Waals surface area contributed by atoms with Crippen LogP contribution in [0.25, 0.3) is 10.6 Å². The van der Waals surface area contributed by atoms with E-state index in [4.69, 9.17) is 4.74 Å². The smallest absolute Gasteiger partial charge is 0.406 e. The van der Waals surface area contributed by atoms with E-state index in [2.05, 4.69) is 33.3 Å². The molecule has 0 aromatic carbocycles. The molecule has 1 aliphatic heterocycles. The summed E-state index contributed by atoms with van der Waals surface area (Å²) in [6.07, 6.45) is 4.63. The molecule has 2 aromatic rings. The molecule has 0 unspecified atom stereocenters. The van der Waals surface area contributed by atoms with Crippen molar-refractivity contribution in [2.24, 2.45) is 0 Å². The molecule has 4 rings (SSSR count). The van der Waals surface area contributed by atoms with Crippen molar-refractivity contribution in [2.75, 3.05) is 33.4 Å². The van der Waals surface area contributed by atoms with E-state index in [0.717, 1.165) is 47.7 Å². The largest absolute Gasteiger partial charge is 0.453 e. The van der Waals surface area contributed by atoms with Gasteiger partial charge in [-0.3, -0.25) is 9.78 Å². The van der Waals surface area contributed by atoms with Gasteiger partial charge in [0.25, 0.3) is 5.91 Å². The van der Waals surface area contributed by atoms with Gasteiger partial charge < -0.3 is 25.0 Å². The average Bonchev–Trinajstić information content (AvgIpc) is 3.60. The lowest BCUT2D eigenvalue weighted by Gasteiger charge is -2.33. The van der Waals surface area contributed by atoms with Gasteiger partial charge in [-0.2, -0.15) is 0 Å². The lowest BCUT2D eigenvalue weighted by molar-refractivity contribution is -0.148. The number of pyridine rings is 1. The minimum Gasteiger partial charge on any atom is -0.453 e. The normalized spacial score (nSPS) is 19.0. The van der Waals surface area contributed by atoms with E-state index in [1.54, 1.807) is 17.5 Å². The van der Waals surface area contributed by atoms with Gasteiger partial charge in [0.2, 0.25) is 0 Å². The highest BCUT2D eigenvalue weighted by Gasteiger charge is 2.40. The molecule has 2 fully saturated rings. The van der Waals surface area contributed by atoms with Crippen LogP contribution in [-0.2, 0) is 20.7 Å². The highest BCUT2D eigenvalue weighted by atomic mass is 32.1. The van der Waals surface area contributed by atoms with Crippen LogP contribution in [0.1, 0.15) is 42.7 Å². The van der Waals surface area contributed by atoms with Crippen molar-refractivity contribution in [1.29, 1.82) is 0 Å². The SMILES string of the molecule is COC(=O)NCCCc1cc([C@@H](C)N(C(=O)[C@H]2CNCCO2)C2CC2)sc1-c1ccccn1. The topological polar surface area (TPSA) is 92.8 Å². The number of hydrogen-bond donors (Lipinski definition) is 2. The number of nitrogens with zero attached hydrogens (tertiary/aromatic N) is 2. The highest BCUT2D eigenvalue weighted by molar-refractivity contribution is 7.15. The van der Waals surface area contributed by atoms with Crippen molar-refractivity contribution in [3.63, 3.8) is 0 Å². The molecule has 2 N–H and O–H groups in total. The standard InChI is InChI=1S/C24H32N4O4S/c1-16(28(18-8-9-18)23(29)20-15-25-12-13-32-20)21-14-17(6-5-11-27-24(30)31-2)22(33-21)19-7-3-4-10-26-19/h3-4,7,10,14,16,18,20,25H,5-6,8-9,11-13,15H2,1-2H3,(H,27,30)/t16-,20-/m1/s1. The Labute approximate surface area is 198 Å². The number of aryl methyl sites for hydroxylation is 1. The van der Waals surface area contributed by atoms with Crippen LogP contribution in [0.3, 0.4) is 0 Å². The van der Waals surface area contributed by atoms with Crippen molar-refractivity contribution in [2.45, 2.75) is 50.8 Å². The van der Waals surface area contributed by atoms with Crippen molar-refractivity contribution >= 4 is 23.3 Å². The van der Waals surface area contributed by atoms with Crippen LogP contribution in [0, 0.1) is 0 Å². The molecule has 9 heteroatoms. The van der Waals surface area contributed by atoms with Gasteiger partial charge in [-0.05, 0) is 56.4 Å². The zero-order chi connectivity index (χ0) is 23.2. The van der Waals surface area contributed by atoms with E-state index in [1.165, 1.54) is 12.7 Å². The second kappa shape index (κ2) is 11.1. The van der Waals surface area contributed by atoms with Crippen LogP contribution < -0.4 is 10.6 Å². The first-order valence-electron chi connectivity index (χ1n) is 11.6. The first kappa shape index (κ1) is 23.7. The fourth-order valence-corrected chi connectivity index (χ4v) is 5.40. The molecule has 2 atom stereocenters. The van der Waals surface area contributed by atoms with Gasteiger partial charge in [0, 0.05) is 36.8 Å². The molecule has 0 spiro atoms. The third-order valence-electron chi connectivity index (χ3n) is 6.03. The molecule has 8 nitrogen and oxygen atoms in total. The maximum Gasteiger partial charge on any atom is 0.406 e. The van der Waals surface area contributed by atoms with E-state index < -0.39 is 12.2 Å². The Kier molecular flexibility index (Phi) is 7.95. The average molecular weight is 473 g/mol. The number of amides is 2. The Morgan fingerprint density at radius 2 is 2.24 bits per heavy atom. The summed E-state index contributed by atoms with van der Waals surface area (Å²) in [6.45, 7) is 4.57. The molecular weight excluding hydrogens is 440 g/mol. The minimum absolute atomic E-state index is 0.0371. The van der Waals surface area contributed by atoms with Crippen LogP contribution in [0.2, 0.25) is 0 Å². The first-order chi connectivity index (χ1) is 16.1. The van der Waals surface area contributed by atoms with Crippen LogP contribution in [-0.4, -0.2) is 67.4 Å². The summed E-state index contributed by atoms with van der Waals surface area (Å²) in [6, 6.07) is 8.37. The number of methoxy groups -OCH3 is 1. The van der Waals surface area contributed by atoms with Crippen LogP contribution >= 0.6 is 11.3 Å². The number of thiophene rings is 1. The predicted octanol–water partition coefficient (Wildman–Crippen LogP) is 3.14. The van der Waals surface area contributed by atoms with E-state index in [-0.39, 0.29) is 18.0 Å². The molecule has 0 bridgehead atoms. The van der Waals surface area contributed by atoms with Crippen LogP contribution in [0.4, 0.5) is 4.79 Å². The number of rotatable bonds is 9. The fourth-order valence-electron chi connectivity index (χ4n) is 4.16. The Balaban J connectivity index is 1.54. The highest BCUT2D eigenvalue weighted by Crippen LogP contribution is 2.41. The van der Waals surface area contributed by atoms with Gasteiger partial charge in [0.05, 0.1) is 30.3 Å². The summed E-state index contributed by atoms with van der Waals surface area (Å²) in [5.74, 6) is 0.0776. The Morgan fingerprint density at radius 1 is 1.39 bits per heavy atom. The number of ether oxygens (including phenoxy) is 2. The van der Waals surface area contributed by atoms with E-state index >= 15 is 0 Å². The molecule has 1 saturated heterocycles. The molecule has 2 amide bonds. The Hall–Kier alpha value is -2.49. The van der Waals surface area contributed by atoms with Crippen molar-refractivity contribution in [3.8, 4) is 10.6 Å². The Morgan fingerprint density at radius 3 is 2.91 bits per heavy atom. The van der Waals surface area contributed by atoms with Crippen LogP contribution in [0.5, 0.6) is 0 Å². The fraction of sp³-hybridized carbons (Fsp3) is 0.542.